The maximum atomic E-state index is 12.1. The molecule has 0 saturated carbocycles. The Labute approximate surface area is 146 Å². The van der Waals surface area contributed by atoms with Crippen LogP contribution < -0.4 is 10.2 Å². The lowest BCUT2D eigenvalue weighted by atomic mass is 10.2. The second-order valence-corrected chi connectivity index (χ2v) is 6.25. The van der Waals surface area contributed by atoms with Gasteiger partial charge in [0.1, 0.15) is 5.75 Å². The summed E-state index contributed by atoms with van der Waals surface area (Å²) in [6.45, 7) is 3.46. The molecular weight excluding hydrogens is 326 g/mol. The van der Waals surface area contributed by atoms with Crippen LogP contribution >= 0.6 is 11.6 Å². The van der Waals surface area contributed by atoms with Gasteiger partial charge < -0.3 is 15.3 Å². The topological polar surface area (TPSA) is 55.8 Å². The van der Waals surface area contributed by atoms with Gasteiger partial charge in [0.05, 0.1) is 12.2 Å². The minimum absolute atomic E-state index is 0.0479. The number of anilines is 2. The number of aromatic hydroxyl groups is 1. The van der Waals surface area contributed by atoms with Crippen LogP contribution in [0.25, 0.3) is 0 Å². The van der Waals surface area contributed by atoms with E-state index >= 15 is 0 Å². The molecule has 1 aliphatic heterocycles. The van der Waals surface area contributed by atoms with Gasteiger partial charge in [0, 0.05) is 36.9 Å². The van der Waals surface area contributed by atoms with Crippen LogP contribution in [0.2, 0.25) is 5.02 Å². The third kappa shape index (κ3) is 4.19. The van der Waals surface area contributed by atoms with Gasteiger partial charge in [-0.3, -0.25) is 9.69 Å². The molecule has 126 valence electrons. The van der Waals surface area contributed by atoms with Crippen molar-refractivity contribution in [2.75, 3.05) is 42.9 Å². The van der Waals surface area contributed by atoms with Crippen LogP contribution in [-0.2, 0) is 4.79 Å². The van der Waals surface area contributed by atoms with Crippen molar-refractivity contribution in [2.24, 2.45) is 0 Å². The van der Waals surface area contributed by atoms with E-state index in [2.05, 4.69) is 15.1 Å². The van der Waals surface area contributed by atoms with Gasteiger partial charge in [-0.15, -0.1) is 0 Å². The zero-order valence-corrected chi connectivity index (χ0v) is 14.0. The number of benzene rings is 2. The maximum absolute atomic E-state index is 12.1. The Morgan fingerprint density at radius 1 is 1.08 bits per heavy atom. The number of phenols is 1. The summed E-state index contributed by atoms with van der Waals surface area (Å²) in [5.41, 5.74) is 1.56. The van der Waals surface area contributed by atoms with Crippen molar-refractivity contribution >= 4 is 28.9 Å². The number of piperazine rings is 1. The van der Waals surface area contributed by atoms with E-state index in [1.165, 1.54) is 0 Å². The summed E-state index contributed by atoms with van der Waals surface area (Å²) in [6.07, 6.45) is 0. The first-order chi connectivity index (χ1) is 11.6. The van der Waals surface area contributed by atoms with Gasteiger partial charge in [-0.25, -0.2) is 0 Å². The molecule has 24 heavy (non-hydrogen) atoms. The Hall–Kier alpha value is -2.24. The Kier molecular flexibility index (Phi) is 5.23. The number of para-hydroxylation sites is 2. The van der Waals surface area contributed by atoms with Crippen LogP contribution in [0.3, 0.4) is 0 Å². The van der Waals surface area contributed by atoms with Gasteiger partial charge >= 0.3 is 0 Å². The number of nitrogens with zero attached hydrogens (tertiary/aromatic N) is 2. The lowest BCUT2D eigenvalue weighted by Gasteiger charge is -2.35. The molecule has 1 saturated heterocycles. The number of amides is 1. The Morgan fingerprint density at radius 2 is 1.83 bits per heavy atom. The molecule has 1 fully saturated rings. The summed E-state index contributed by atoms with van der Waals surface area (Å²) >= 11 is 5.92. The quantitative estimate of drug-likeness (QED) is 0.894. The van der Waals surface area contributed by atoms with Crippen LogP contribution in [0, 0.1) is 0 Å². The van der Waals surface area contributed by atoms with Gasteiger partial charge in [-0.2, -0.15) is 0 Å². The highest BCUT2D eigenvalue weighted by molar-refractivity contribution is 6.30. The summed E-state index contributed by atoms with van der Waals surface area (Å²) in [5, 5.41) is 13.4. The molecule has 0 spiro atoms. The zero-order chi connectivity index (χ0) is 16.9. The van der Waals surface area contributed by atoms with E-state index in [0.29, 0.717) is 23.0 Å². The van der Waals surface area contributed by atoms with E-state index in [-0.39, 0.29) is 5.91 Å². The van der Waals surface area contributed by atoms with E-state index in [4.69, 9.17) is 11.6 Å². The number of phenolic OH excluding ortho intramolecular Hbond substituents is 1. The molecule has 1 aliphatic rings. The van der Waals surface area contributed by atoms with Crippen molar-refractivity contribution in [1.82, 2.24) is 4.90 Å². The fraction of sp³-hybridized carbons (Fsp3) is 0.278. The van der Waals surface area contributed by atoms with Crippen molar-refractivity contribution in [3.63, 3.8) is 0 Å². The highest BCUT2D eigenvalue weighted by atomic mass is 35.5. The molecule has 0 atom stereocenters. The first-order valence-electron chi connectivity index (χ1n) is 7.92. The van der Waals surface area contributed by atoms with Crippen LogP contribution in [0.1, 0.15) is 0 Å². The van der Waals surface area contributed by atoms with E-state index < -0.39 is 0 Å². The monoisotopic (exact) mass is 345 g/mol. The first kappa shape index (κ1) is 16.6. The lowest BCUT2D eigenvalue weighted by Crippen LogP contribution is -2.48. The molecule has 1 heterocycles. The average molecular weight is 346 g/mol. The van der Waals surface area contributed by atoms with Crippen LogP contribution in [0.15, 0.2) is 48.5 Å². The molecule has 1 amide bonds. The summed E-state index contributed by atoms with van der Waals surface area (Å²) in [7, 11) is 0. The highest BCUT2D eigenvalue weighted by Crippen LogP contribution is 2.27. The van der Waals surface area contributed by atoms with E-state index in [1.54, 1.807) is 18.2 Å². The second kappa shape index (κ2) is 7.55. The number of hydrogen-bond donors (Lipinski definition) is 2. The van der Waals surface area contributed by atoms with Crippen LogP contribution in [0.5, 0.6) is 5.75 Å². The molecule has 0 aliphatic carbocycles. The number of halogens is 1. The Balaban J connectivity index is 1.50. The third-order valence-corrected chi connectivity index (χ3v) is 4.31. The minimum atomic E-state index is -0.0479. The predicted molar refractivity (Wildman–Crippen MR) is 96.8 cm³/mol. The van der Waals surface area contributed by atoms with Crippen LogP contribution in [0.4, 0.5) is 11.4 Å². The van der Waals surface area contributed by atoms with Gasteiger partial charge in [0.15, 0.2) is 0 Å². The summed E-state index contributed by atoms with van der Waals surface area (Å²) < 4.78 is 0. The van der Waals surface area contributed by atoms with Crippen molar-refractivity contribution in [3.8, 4) is 5.75 Å². The summed E-state index contributed by atoms with van der Waals surface area (Å²) in [4.78, 5) is 16.4. The second-order valence-electron chi connectivity index (χ2n) is 5.81. The highest BCUT2D eigenvalue weighted by Gasteiger charge is 2.20. The third-order valence-electron chi connectivity index (χ3n) is 4.07. The van der Waals surface area contributed by atoms with Crippen LogP contribution in [-0.4, -0.2) is 48.6 Å². The number of carbonyl (C=O) groups is 1. The summed E-state index contributed by atoms with van der Waals surface area (Å²) in [5.74, 6) is 0.248. The molecular formula is C18H20ClN3O2. The summed E-state index contributed by atoms with van der Waals surface area (Å²) in [6, 6.07) is 14.5. The van der Waals surface area contributed by atoms with E-state index in [0.717, 1.165) is 31.9 Å². The predicted octanol–water partition coefficient (Wildman–Crippen LogP) is 2.81. The van der Waals surface area contributed by atoms with Crippen molar-refractivity contribution in [1.29, 1.82) is 0 Å². The molecule has 3 rings (SSSR count). The number of carbonyl (C=O) groups excluding carboxylic acids is 1. The number of hydrogen-bond acceptors (Lipinski definition) is 4. The van der Waals surface area contributed by atoms with E-state index in [9.17, 15) is 9.90 Å². The fourth-order valence-electron chi connectivity index (χ4n) is 2.85. The molecule has 0 radical (unpaired) electrons. The molecule has 0 aromatic heterocycles. The first-order valence-corrected chi connectivity index (χ1v) is 8.30. The molecule has 0 bridgehead atoms. The van der Waals surface area contributed by atoms with Gasteiger partial charge in [0.2, 0.25) is 5.91 Å². The Morgan fingerprint density at radius 3 is 2.54 bits per heavy atom. The molecule has 6 heteroatoms. The maximum Gasteiger partial charge on any atom is 0.238 e. The zero-order valence-electron chi connectivity index (χ0n) is 13.3. The van der Waals surface area contributed by atoms with Crippen molar-refractivity contribution in [2.45, 2.75) is 0 Å². The minimum Gasteiger partial charge on any atom is -0.506 e. The normalized spacial score (nSPS) is 15.3. The van der Waals surface area contributed by atoms with Gasteiger partial charge in [-0.1, -0.05) is 29.8 Å². The fourth-order valence-corrected chi connectivity index (χ4v) is 3.04. The van der Waals surface area contributed by atoms with Gasteiger partial charge in [0.25, 0.3) is 0 Å². The molecule has 2 aromatic carbocycles. The molecule has 2 N–H and O–H groups in total. The SMILES string of the molecule is O=C(CN1CCN(c2ccccc2O)CC1)Nc1cccc(Cl)c1. The van der Waals surface area contributed by atoms with Crippen molar-refractivity contribution in [3.05, 3.63) is 53.6 Å². The molecule has 2 aromatic rings. The average Bonchev–Trinajstić information content (AvgIpc) is 2.56. The number of nitrogens with one attached hydrogen (secondary N) is 1. The standard InChI is InChI=1S/C18H20ClN3O2/c19-14-4-3-5-15(12-14)20-18(24)13-21-8-10-22(11-9-21)16-6-1-2-7-17(16)23/h1-7,12,23H,8-11,13H2,(H,20,24). The number of rotatable bonds is 4. The largest absolute Gasteiger partial charge is 0.506 e. The molecule has 5 nitrogen and oxygen atoms in total. The Bertz CT molecular complexity index is 715. The lowest BCUT2D eigenvalue weighted by molar-refractivity contribution is -0.117. The molecule has 0 unspecified atom stereocenters. The van der Waals surface area contributed by atoms with Crippen molar-refractivity contribution < 1.29 is 9.90 Å². The van der Waals surface area contributed by atoms with E-state index in [1.807, 2.05) is 30.3 Å². The smallest absolute Gasteiger partial charge is 0.238 e. The van der Waals surface area contributed by atoms with Gasteiger partial charge in [-0.05, 0) is 30.3 Å².